The van der Waals surface area contributed by atoms with Gasteiger partial charge in [-0.05, 0) is 56.3 Å². The highest BCUT2D eigenvalue weighted by Crippen LogP contribution is 2.17. The average Bonchev–Trinajstić information content (AvgIpc) is 2.88. The van der Waals surface area contributed by atoms with E-state index in [4.69, 9.17) is 0 Å². The van der Waals surface area contributed by atoms with Crippen molar-refractivity contribution < 1.29 is 0 Å². The van der Waals surface area contributed by atoms with Crippen LogP contribution < -0.4 is 10.9 Å². The van der Waals surface area contributed by atoms with Gasteiger partial charge in [-0.1, -0.05) is 6.07 Å². The van der Waals surface area contributed by atoms with Gasteiger partial charge in [0.1, 0.15) is 0 Å². The van der Waals surface area contributed by atoms with Gasteiger partial charge in [0.15, 0.2) is 0 Å². The Morgan fingerprint density at radius 3 is 2.95 bits per heavy atom. The van der Waals surface area contributed by atoms with Crippen molar-refractivity contribution in [1.82, 2.24) is 9.88 Å². The van der Waals surface area contributed by atoms with Crippen LogP contribution in [0.15, 0.2) is 43.5 Å². The second-order valence-electron chi connectivity index (χ2n) is 4.20. The van der Waals surface area contributed by atoms with E-state index < -0.39 is 0 Å². The second-order valence-corrected chi connectivity index (χ2v) is 6.95. The van der Waals surface area contributed by atoms with E-state index in [1.807, 2.05) is 12.3 Å². The Kier molecular flexibility index (Phi) is 5.38. The maximum atomic E-state index is 11.9. The highest BCUT2D eigenvalue weighted by atomic mass is 79.9. The van der Waals surface area contributed by atoms with E-state index in [1.165, 1.54) is 4.88 Å². The van der Waals surface area contributed by atoms with Crippen molar-refractivity contribution in [3.63, 3.8) is 0 Å². The monoisotopic (exact) mass is 404 g/mol. The normalized spacial score (nSPS) is 12.6. The van der Waals surface area contributed by atoms with Gasteiger partial charge in [-0.2, -0.15) is 0 Å². The summed E-state index contributed by atoms with van der Waals surface area (Å²) in [7, 11) is 0. The number of hydrogen-bond acceptors (Lipinski definition) is 3. The molecular formula is C13H14Br2N2OS. The van der Waals surface area contributed by atoms with Crippen molar-refractivity contribution in [2.24, 2.45) is 0 Å². The molecule has 0 radical (unpaired) electrons. The van der Waals surface area contributed by atoms with Gasteiger partial charge < -0.3 is 9.88 Å². The molecule has 102 valence electrons. The largest absolute Gasteiger partial charge is 0.312 e. The van der Waals surface area contributed by atoms with Crippen molar-refractivity contribution in [3.8, 4) is 0 Å². The Bertz CT molecular complexity index is 595. The first-order valence-corrected chi connectivity index (χ1v) is 8.37. The Labute approximate surface area is 132 Å². The van der Waals surface area contributed by atoms with Crippen LogP contribution in [0.2, 0.25) is 0 Å². The van der Waals surface area contributed by atoms with E-state index in [0.29, 0.717) is 17.1 Å². The Hall–Kier alpha value is -0.430. The maximum Gasteiger partial charge on any atom is 0.264 e. The zero-order valence-corrected chi connectivity index (χ0v) is 14.4. The summed E-state index contributed by atoms with van der Waals surface area (Å²) in [6, 6.07) is 6.24. The number of nitrogens with zero attached hydrogens (tertiary/aromatic N) is 1. The number of pyridine rings is 1. The molecule has 2 aromatic rings. The lowest BCUT2D eigenvalue weighted by Crippen LogP contribution is -2.28. The molecule has 0 amide bonds. The molecular weight excluding hydrogens is 392 g/mol. The molecule has 0 aliphatic heterocycles. The molecule has 1 atom stereocenters. The molecule has 0 spiro atoms. The summed E-state index contributed by atoms with van der Waals surface area (Å²) in [5.41, 5.74) is -0.00576. The van der Waals surface area contributed by atoms with Crippen LogP contribution in [0.25, 0.3) is 0 Å². The van der Waals surface area contributed by atoms with Crippen LogP contribution in [0.5, 0.6) is 0 Å². The minimum Gasteiger partial charge on any atom is -0.312 e. The molecule has 6 heteroatoms. The highest BCUT2D eigenvalue weighted by molar-refractivity contribution is 9.11. The first-order chi connectivity index (χ1) is 9.08. The molecule has 0 saturated carbocycles. The molecule has 0 saturated heterocycles. The molecule has 0 aliphatic carbocycles. The summed E-state index contributed by atoms with van der Waals surface area (Å²) in [5, 5.41) is 5.49. The van der Waals surface area contributed by atoms with E-state index in [1.54, 1.807) is 22.0 Å². The van der Waals surface area contributed by atoms with Crippen molar-refractivity contribution >= 4 is 43.2 Å². The third kappa shape index (κ3) is 4.02. The zero-order chi connectivity index (χ0) is 13.8. The number of aromatic nitrogens is 1. The van der Waals surface area contributed by atoms with Gasteiger partial charge in [-0.3, -0.25) is 4.79 Å². The van der Waals surface area contributed by atoms with Crippen molar-refractivity contribution in [1.29, 1.82) is 0 Å². The van der Waals surface area contributed by atoms with E-state index in [-0.39, 0.29) is 5.56 Å². The van der Waals surface area contributed by atoms with Crippen LogP contribution in [-0.4, -0.2) is 11.1 Å². The summed E-state index contributed by atoms with van der Waals surface area (Å²) < 4.78 is 3.17. The Morgan fingerprint density at radius 1 is 1.47 bits per heavy atom. The van der Waals surface area contributed by atoms with Gasteiger partial charge in [0.2, 0.25) is 0 Å². The fourth-order valence-corrected chi connectivity index (χ4v) is 3.79. The quantitative estimate of drug-likeness (QED) is 0.820. The number of rotatable bonds is 5. The molecule has 2 heterocycles. The van der Waals surface area contributed by atoms with Crippen molar-refractivity contribution in [2.75, 3.05) is 6.54 Å². The van der Waals surface area contributed by atoms with Gasteiger partial charge in [0.25, 0.3) is 5.56 Å². The third-order valence-corrected chi connectivity index (χ3v) is 4.84. The summed E-state index contributed by atoms with van der Waals surface area (Å²) in [6.45, 7) is 3.53. The van der Waals surface area contributed by atoms with Crippen molar-refractivity contribution in [2.45, 2.75) is 19.5 Å². The maximum absolute atomic E-state index is 11.9. The Balaban J connectivity index is 1.95. The van der Waals surface area contributed by atoms with E-state index in [2.05, 4.69) is 55.5 Å². The van der Waals surface area contributed by atoms with Crippen LogP contribution in [0, 0.1) is 0 Å². The highest BCUT2D eigenvalue weighted by Gasteiger charge is 2.06. The van der Waals surface area contributed by atoms with Gasteiger partial charge in [0.05, 0.1) is 4.47 Å². The smallest absolute Gasteiger partial charge is 0.264 e. The lowest BCUT2D eigenvalue weighted by atomic mass is 10.3. The van der Waals surface area contributed by atoms with Crippen LogP contribution in [0.3, 0.4) is 0 Å². The molecule has 2 aromatic heterocycles. The molecule has 19 heavy (non-hydrogen) atoms. The fraction of sp³-hybridized carbons (Fsp3) is 0.308. The molecule has 1 N–H and O–H groups in total. The lowest BCUT2D eigenvalue weighted by Gasteiger charge is -2.13. The first kappa shape index (κ1) is 15.0. The molecule has 0 fully saturated rings. The van der Waals surface area contributed by atoms with Crippen LogP contribution in [-0.2, 0) is 6.54 Å². The summed E-state index contributed by atoms with van der Waals surface area (Å²) in [6.07, 6.45) is 1.81. The number of halogens is 2. The van der Waals surface area contributed by atoms with E-state index >= 15 is 0 Å². The fourth-order valence-electron chi connectivity index (χ4n) is 1.77. The van der Waals surface area contributed by atoms with Gasteiger partial charge in [0, 0.05) is 34.7 Å². The predicted octanol–water partition coefficient (Wildman–Crippen LogP) is 3.79. The third-order valence-electron chi connectivity index (χ3n) is 2.78. The number of nitrogens with one attached hydrogen (secondary N) is 1. The predicted molar refractivity (Wildman–Crippen MR) is 86.8 cm³/mol. The van der Waals surface area contributed by atoms with E-state index in [9.17, 15) is 4.79 Å². The summed E-state index contributed by atoms with van der Waals surface area (Å²) in [5.74, 6) is 0. The second kappa shape index (κ2) is 6.83. The Morgan fingerprint density at radius 2 is 2.26 bits per heavy atom. The zero-order valence-electron chi connectivity index (χ0n) is 10.4. The van der Waals surface area contributed by atoms with Gasteiger partial charge >= 0.3 is 0 Å². The molecule has 0 aliphatic rings. The molecule has 0 aromatic carbocycles. The average molecular weight is 406 g/mol. The first-order valence-electron chi connectivity index (χ1n) is 5.90. The van der Waals surface area contributed by atoms with Crippen LogP contribution >= 0.6 is 43.2 Å². The molecule has 3 nitrogen and oxygen atoms in total. The SMILES string of the molecule is CC(NCCn1cc(Br)cc(Br)c1=O)c1cccs1. The standard InChI is InChI=1S/C13H14Br2N2OS/c1-9(12-3-2-6-19-12)16-4-5-17-8-10(14)7-11(15)13(17)18/h2-3,6-9,16H,4-5H2,1H3. The minimum atomic E-state index is -0.00576. The summed E-state index contributed by atoms with van der Waals surface area (Å²) >= 11 is 8.40. The molecule has 1 unspecified atom stereocenters. The lowest BCUT2D eigenvalue weighted by molar-refractivity contribution is 0.528. The van der Waals surface area contributed by atoms with Gasteiger partial charge in [-0.25, -0.2) is 0 Å². The van der Waals surface area contributed by atoms with Crippen LogP contribution in [0.4, 0.5) is 0 Å². The number of thiophene rings is 1. The molecule has 0 bridgehead atoms. The number of hydrogen-bond donors (Lipinski definition) is 1. The topological polar surface area (TPSA) is 34.0 Å². The minimum absolute atomic E-state index is 0.00576. The molecule has 2 rings (SSSR count). The van der Waals surface area contributed by atoms with E-state index in [0.717, 1.165) is 11.0 Å². The van der Waals surface area contributed by atoms with Crippen molar-refractivity contribution in [3.05, 3.63) is 54.0 Å². The van der Waals surface area contributed by atoms with Crippen LogP contribution in [0.1, 0.15) is 17.8 Å². The summed E-state index contributed by atoms with van der Waals surface area (Å²) in [4.78, 5) is 13.2. The van der Waals surface area contributed by atoms with Gasteiger partial charge in [-0.15, -0.1) is 11.3 Å².